The normalized spacial score (nSPS) is 13.9. The number of nitrogens with one attached hydrogen (secondary N) is 1. The second-order valence-electron chi connectivity index (χ2n) is 8.15. The molecule has 0 radical (unpaired) electrons. The van der Waals surface area contributed by atoms with E-state index in [9.17, 15) is 14.4 Å². The van der Waals surface area contributed by atoms with Gasteiger partial charge in [-0.3, -0.25) is 14.2 Å². The van der Waals surface area contributed by atoms with E-state index in [1.165, 1.54) is 22.2 Å². The van der Waals surface area contributed by atoms with E-state index in [0.29, 0.717) is 36.4 Å². The highest BCUT2D eigenvalue weighted by atomic mass is 32.1. The van der Waals surface area contributed by atoms with E-state index >= 15 is 0 Å². The van der Waals surface area contributed by atoms with Crippen molar-refractivity contribution in [2.24, 2.45) is 0 Å². The van der Waals surface area contributed by atoms with Gasteiger partial charge in [-0.1, -0.05) is 18.2 Å². The van der Waals surface area contributed by atoms with Crippen LogP contribution in [-0.4, -0.2) is 57.5 Å². The van der Waals surface area contributed by atoms with Gasteiger partial charge in [-0.2, -0.15) is 0 Å². The standard InChI is InChI=1S/C24H23N5O3S2/c1-16-4-2-5-17(12-16)26-24(32)28-9-7-27(8-10-28)20(30)13-29-15-25-22-21(23(29)31)18(14-34-22)19-6-3-11-33-19/h2-6,11-12,14-15H,7-10,13H2,1H3,(H,26,32). The van der Waals surface area contributed by atoms with Crippen molar-refractivity contribution >= 4 is 50.5 Å². The number of hydrogen-bond acceptors (Lipinski definition) is 6. The number of fused-ring (bicyclic) bond motifs is 1. The molecule has 1 saturated heterocycles. The molecule has 1 aromatic carbocycles. The van der Waals surface area contributed by atoms with Crippen LogP contribution in [-0.2, 0) is 11.3 Å². The molecule has 3 aromatic heterocycles. The predicted molar refractivity (Wildman–Crippen MR) is 136 cm³/mol. The van der Waals surface area contributed by atoms with Crippen LogP contribution < -0.4 is 10.9 Å². The van der Waals surface area contributed by atoms with Crippen molar-refractivity contribution < 1.29 is 9.59 Å². The summed E-state index contributed by atoms with van der Waals surface area (Å²) in [6, 6.07) is 11.4. The summed E-state index contributed by atoms with van der Waals surface area (Å²) in [5.74, 6) is -0.158. The zero-order valence-corrected chi connectivity index (χ0v) is 20.2. The van der Waals surface area contributed by atoms with Crippen molar-refractivity contribution in [2.45, 2.75) is 13.5 Å². The number of carbonyl (C=O) groups excluding carboxylic acids is 2. The summed E-state index contributed by atoms with van der Waals surface area (Å²) < 4.78 is 1.38. The van der Waals surface area contributed by atoms with Gasteiger partial charge in [0, 0.05) is 47.7 Å². The third-order valence-electron chi connectivity index (χ3n) is 5.84. The van der Waals surface area contributed by atoms with E-state index in [1.807, 2.05) is 54.1 Å². The van der Waals surface area contributed by atoms with E-state index in [4.69, 9.17) is 0 Å². The molecule has 10 heteroatoms. The van der Waals surface area contributed by atoms with Gasteiger partial charge in [0.15, 0.2) is 0 Å². The molecular weight excluding hydrogens is 470 g/mol. The van der Waals surface area contributed by atoms with Gasteiger partial charge in [-0.25, -0.2) is 9.78 Å². The zero-order valence-electron chi connectivity index (χ0n) is 18.6. The minimum atomic E-state index is -0.209. The Bertz CT molecular complexity index is 1400. The number of urea groups is 1. The first-order valence-corrected chi connectivity index (χ1v) is 12.7. The molecule has 174 valence electrons. The first-order chi connectivity index (χ1) is 16.5. The Morgan fingerprint density at radius 1 is 1.06 bits per heavy atom. The average molecular weight is 494 g/mol. The molecule has 34 heavy (non-hydrogen) atoms. The molecule has 1 fully saturated rings. The number of nitrogens with zero attached hydrogens (tertiary/aromatic N) is 4. The minimum absolute atomic E-state index is 0.0724. The van der Waals surface area contributed by atoms with Gasteiger partial charge in [-0.15, -0.1) is 22.7 Å². The van der Waals surface area contributed by atoms with E-state index < -0.39 is 0 Å². The molecule has 4 aromatic rings. The molecule has 0 atom stereocenters. The van der Waals surface area contributed by atoms with Gasteiger partial charge in [-0.05, 0) is 36.1 Å². The number of anilines is 1. The number of piperazine rings is 1. The molecule has 1 aliphatic heterocycles. The summed E-state index contributed by atoms with van der Waals surface area (Å²) in [5.41, 5.74) is 2.48. The molecule has 8 nitrogen and oxygen atoms in total. The average Bonchev–Trinajstić information content (AvgIpc) is 3.51. The van der Waals surface area contributed by atoms with Gasteiger partial charge in [0.2, 0.25) is 5.91 Å². The van der Waals surface area contributed by atoms with Crippen molar-refractivity contribution in [1.29, 1.82) is 0 Å². The molecule has 0 aliphatic carbocycles. The second-order valence-corrected chi connectivity index (χ2v) is 9.96. The Morgan fingerprint density at radius 2 is 1.85 bits per heavy atom. The molecule has 3 amide bonds. The Labute approximate surface area is 204 Å². The lowest BCUT2D eigenvalue weighted by Crippen LogP contribution is -2.52. The molecule has 0 bridgehead atoms. The number of hydrogen-bond donors (Lipinski definition) is 1. The fraction of sp³-hybridized carbons (Fsp3) is 0.250. The lowest BCUT2D eigenvalue weighted by atomic mass is 10.2. The first-order valence-electron chi connectivity index (χ1n) is 10.9. The third kappa shape index (κ3) is 4.46. The Hall–Kier alpha value is -3.50. The molecule has 0 saturated carbocycles. The third-order valence-corrected chi connectivity index (χ3v) is 7.63. The molecule has 1 N–H and O–H groups in total. The van der Waals surface area contributed by atoms with Crippen molar-refractivity contribution in [2.75, 3.05) is 31.5 Å². The summed E-state index contributed by atoms with van der Waals surface area (Å²) in [7, 11) is 0. The minimum Gasteiger partial charge on any atom is -0.338 e. The van der Waals surface area contributed by atoms with Crippen LogP contribution in [0.1, 0.15) is 5.56 Å². The summed E-state index contributed by atoms with van der Waals surface area (Å²) in [4.78, 5) is 48.2. The van der Waals surface area contributed by atoms with Crippen molar-refractivity contribution in [3.8, 4) is 10.4 Å². The van der Waals surface area contributed by atoms with Gasteiger partial charge in [0.1, 0.15) is 11.4 Å². The molecule has 4 heterocycles. The number of aryl methyl sites for hydroxylation is 1. The van der Waals surface area contributed by atoms with Gasteiger partial charge < -0.3 is 15.1 Å². The highest BCUT2D eigenvalue weighted by molar-refractivity contribution is 7.18. The number of aromatic nitrogens is 2. The van der Waals surface area contributed by atoms with E-state index in [1.54, 1.807) is 21.1 Å². The number of amides is 3. The smallest absolute Gasteiger partial charge is 0.321 e. The van der Waals surface area contributed by atoms with Crippen LogP contribution in [0.15, 0.2) is 58.3 Å². The number of carbonyl (C=O) groups is 2. The van der Waals surface area contributed by atoms with Crippen LogP contribution >= 0.6 is 22.7 Å². The second kappa shape index (κ2) is 9.40. The Kier molecular flexibility index (Phi) is 6.16. The van der Waals surface area contributed by atoms with Gasteiger partial charge in [0.25, 0.3) is 5.56 Å². The van der Waals surface area contributed by atoms with Crippen LogP contribution in [0.5, 0.6) is 0 Å². The Balaban J connectivity index is 1.23. The molecular formula is C24H23N5O3S2. The van der Waals surface area contributed by atoms with Crippen molar-refractivity contribution in [3.05, 3.63) is 69.4 Å². The van der Waals surface area contributed by atoms with E-state index in [2.05, 4.69) is 10.3 Å². The SMILES string of the molecule is Cc1cccc(NC(=O)N2CCN(C(=O)Cn3cnc4scc(-c5cccs5)c4c3=O)CC2)c1. The number of benzene rings is 1. The van der Waals surface area contributed by atoms with Crippen LogP contribution in [0, 0.1) is 6.92 Å². The monoisotopic (exact) mass is 493 g/mol. The molecule has 0 spiro atoms. The predicted octanol–water partition coefficient (Wildman–Crippen LogP) is 3.87. The largest absolute Gasteiger partial charge is 0.338 e. The van der Waals surface area contributed by atoms with Gasteiger partial charge in [0.05, 0.1) is 11.7 Å². The maximum atomic E-state index is 13.2. The Morgan fingerprint density at radius 3 is 2.59 bits per heavy atom. The first kappa shape index (κ1) is 22.3. The highest BCUT2D eigenvalue weighted by Crippen LogP contribution is 2.33. The molecule has 5 rings (SSSR count). The van der Waals surface area contributed by atoms with Gasteiger partial charge >= 0.3 is 6.03 Å². The summed E-state index contributed by atoms with van der Waals surface area (Å²) in [5, 5.41) is 7.38. The maximum absolute atomic E-state index is 13.2. The van der Waals surface area contributed by atoms with Crippen LogP contribution in [0.4, 0.5) is 10.5 Å². The van der Waals surface area contributed by atoms with Crippen LogP contribution in [0.25, 0.3) is 20.7 Å². The summed E-state index contributed by atoms with van der Waals surface area (Å²) in [6.07, 6.45) is 1.45. The van der Waals surface area contributed by atoms with Crippen LogP contribution in [0.2, 0.25) is 0 Å². The fourth-order valence-corrected chi connectivity index (χ4v) is 5.74. The van der Waals surface area contributed by atoms with Crippen molar-refractivity contribution in [1.82, 2.24) is 19.4 Å². The highest BCUT2D eigenvalue weighted by Gasteiger charge is 2.25. The fourth-order valence-electron chi connectivity index (χ4n) is 4.02. The van der Waals surface area contributed by atoms with E-state index in [-0.39, 0.29) is 24.0 Å². The van der Waals surface area contributed by atoms with Crippen molar-refractivity contribution in [3.63, 3.8) is 0 Å². The summed E-state index contributed by atoms with van der Waals surface area (Å²) in [6.45, 7) is 3.61. The van der Waals surface area contributed by atoms with E-state index in [0.717, 1.165) is 21.7 Å². The lowest BCUT2D eigenvalue weighted by molar-refractivity contribution is -0.133. The zero-order chi connectivity index (χ0) is 23.7. The maximum Gasteiger partial charge on any atom is 0.321 e. The number of rotatable bonds is 4. The van der Waals surface area contributed by atoms with Crippen LogP contribution in [0.3, 0.4) is 0 Å². The molecule has 0 unspecified atom stereocenters. The summed E-state index contributed by atoms with van der Waals surface area (Å²) >= 11 is 3.00. The number of thiophene rings is 2. The molecule has 1 aliphatic rings. The quantitative estimate of drug-likeness (QED) is 0.468. The lowest BCUT2D eigenvalue weighted by Gasteiger charge is -2.34. The topological polar surface area (TPSA) is 87.5 Å².